The summed E-state index contributed by atoms with van der Waals surface area (Å²) in [6.07, 6.45) is 1.06. The van der Waals surface area contributed by atoms with E-state index in [0.717, 1.165) is 28.7 Å². The topological polar surface area (TPSA) is 20.3 Å². The molecule has 0 spiro atoms. The Balaban J connectivity index is 2.06. The molecule has 2 nitrogen and oxygen atoms in total. The predicted molar refractivity (Wildman–Crippen MR) is 87.9 cm³/mol. The van der Waals surface area contributed by atoms with Crippen LogP contribution in [-0.4, -0.2) is 12.3 Å². The minimum absolute atomic E-state index is 0.121. The third-order valence-corrected chi connectivity index (χ3v) is 5.42. The van der Waals surface area contributed by atoms with E-state index < -0.39 is 0 Å². The molecular formula is C16H16BrNOS. The number of fused-ring (bicyclic) bond motifs is 1. The van der Waals surface area contributed by atoms with Crippen LogP contribution in [0.1, 0.15) is 40.7 Å². The number of hydrogen-bond acceptors (Lipinski definition) is 3. The van der Waals surface area contributed by atoms with E-state index >= 15 is 0 Å². The van der Waals surface area contributed by atoms with Gasteiger partial charge in [-0.2, -0.15) is 0 Å². The minimum atomic E-state index is 0.121. The second-order valence-corrected chi connectivity index (χ2v) is 7.05. The molecule has 20 heavy (non-hydrogen) atoms. The van der Waals surface area contributed by atoms with Crippen LogP contribution >= 0.6 is 27.3 Å². The molecule has 0 fully saturated rings. The third-order valence-electron chi connectivity index (χ3n) is 3.93. The minimum Gasteiger partial charge on any atom is -0.364 e. The van der Waals surface area contributed by atoms with Gasteiger partial charge in [-0.1, -0.05) is 15.9 Å². The summed E-state index contributed by atoms with van der Waals surface area (Å²) in [6, 6.07) is 8.44. The van der Waals surface area contributed by atoms with Crippen molar-refractivity contribution in [2.24, 2.45) is 0 Å². The van der Waals surface area contributed by atoms with Gasteiger partial charge in [0.25, 0.3) is 0 Å². The number of anilines is 1. The molecule has 0 bridgehead atoms. The monoisotopic (exact) mass is 349 g/mol. The van der Waals surface area contributed by atoms with E-state index in [1.54, 1.807) is 6.92 Å². The lowest BCUT2D eigenvalue weighted by Crippen LogP contribution is -2.34. The third kappa shape index (κ3) is 2.31. The summed E-state index contributed by atoms with van der Waals surface area (Å²) in [5.74, 6) is 0.121. The first-order valence-electron chi connectivity index (χ1n) is 6.71. The molecule has 4 heteroatoms. The number of halogens is 1. The molecule has 2 aromatic rings. The summed E-state index contributed by atoms with van der Waals surface area (Å²) in [5.41, 5.74) is 3.24. The number of thiophene rings is 1. The SMILES string of the molecule is CC(=O)c1ccc(Br)cc1N1CCc2sccc2C1C. The number of benzene rings is 1. The molecular weight excluding hydrogens is 334 g/mol. The van der Waals surface area contributed by atoms with Gasteiger partial charge < -0.3 is 4.90 Å². The molecule has 0 saturated heterocycles. The van der Waals surface area contributed by atoms with E-state index in [2.05, 4.69) is 45.3 Å². The second-order valence-electron chi connectivity index (χ2n) is 5.14. The summed E-state index contributed by atoms with van der Waals surface area (Å²) < 4.78 is 1.01. The predicted octanol–water partition coefficient (Wildman–Crippen LogP) is 4.84. The van der Waals surface area contributed by atoms with Crippen LogP contribution in [0.15, 0.2) is 34.1 Å². The van der Waals surface area contributed by atoms with Gasteiger partial charge in [-0.25, -0.2) is 0 Å². The van der Waals surface area contributed by atoms with Crippen LogP contribution in [0, 0.1) is 0 Å². The van der Waals surface area contributed by atoms with Gasteiger partial charge >= 0.3 is 0 Å². The number of rotatable bonds is 2. The Morgan fingerprint density at radius 2 is 2.20 bits per heavy atom. The van der Waals surface area contributed by atoms with E-state index in [-0.39, 0.29) is 5.78 Å². The van der Waals surface area contributed by atoms with Gasteiger partial charge in [-0.05, 0) is 55.5 Å². The van der Waals surface area contributed by atoms with Crippen molar-refractivity contribution in [3.8, 4) is 0 Å². The molecule has 1 aliphatic heterocycles. The Morgan fingerprint density at radius 3 is 2.95 bits per heavy atom. The largest absolute Gasteiger partial charge is 0.364 e. The van der Waals surface area contributed by atoms with Crippen molar-refractivity contribution >= 4 is 38.7 Å². The highest BCUT2D eigenvalue weighted by Crippen LogP contribution is 2.38. The summed E-state index contributed by atoms with van der Waals surface area (Å²) in [6.45, 7) is 4.82. The molecule has 1 aliphatic rings. The second kappa shape index (κ2) is 5.34. The lowest BCUT2D eigenvalue weighted by atomic mass is 9.98. The van der Waals surface area contributed by atoms with Gasteiger partial charge in [0.05, 0.1) is 6.04 Å². The van der Waals surface area contributed by atoms with E-state index in [1.807, 2.05) is 23.5 Å². The maximum Gasteiger partial charge on any atom is 0.161 e. The zero-order chi connectivity index (χ0) is 14.3. The summed E-state index contributed by atoms with van der Waals surface area (Å²) in [7, 11) is 0. The number of Topliss-reactive ketones (excluding diaryl/α,β-unsaturated/α-hetero) is 1. The van der Waals surface area contributed by atoms with Crippen molar-refractivity contribution < 1.29 is 4.79 Å². The van der Waals surface area contributed by atoms with Gasteiger partial charge in [-0.15, -0.1) is 11.3 Å². The van der Waals surface area contributed by atoms with E-state index in [0.29, 0.717) is 6.04 Å². The first-order chi connectivity index (χ1) is 9.58. The Morgan fingerprint density at radius 1 is 1.40 bits per heavy atom. The highest BCUT2D eigenvalue weighted by molar-refractivity contribution is 9.10. The fraction of sp³-hybridized carbons (Fsp3) is 0.312. The van der Waals surface area contributed by atoms with Crippen molar-refractivity contribution in [3.63, 3.8) is 0 Å². The van der Waals surface area contributed by atoms with Gasteiger partial charge in [0.1, 0.15) is 0 Å². The lowest BCUT2D eigenvalue weighted by molar-refractivity contribution is 0.101. The van der Waals surface area contributed by atoms with Crippen LogP contribution in [-0.2, 0) is 6.42 Å². The standard InChI is InChI=1S/C16H16BrNOS/c1-10-13-6-8-20-16(13)5-7-18(10)15-9-12(17)3-4-14(15)11(2)19/h3-4,6,8-10H,5,7H2,1-2H3. The van der Waals surface area contributed by atoms with Crippen LogP contribution < -0.4 is 4.90 Å². The number of carbonyl (C=O) groups excluding carboxylic acids is 1. The fourth-order valence-corrected chi connectivity index (χ4v) is 4.19. The van der Waals surface area contributed by atoms with Gasteiger partial charge in [0.2, 0.25) is 0 Å². The maximum absolute atomic E-state index is 11.9. The number of carbonyl (C=O) groups is 1. The Bertz CT molecular complexity index is 664. The lowest BCUT2D eigenvalue weighted by Gasteiger charge is -2.36. The smallest absolute Gasteiger partial charge is 0.161 e. The highest BCUT2D eigenvalue weighted by Gasteiger charge is 2.27. The molecule has 1 aromatic heterocycles. The first kappa shape index (κ1) is 13.8. The van der Waals surface area contributed by atoms with Crippen molar-refractivity contribution in [2.75, 3.05) is 11.4 Å². The average Bonchev–Trinajstić information content (AvgIpc) is 2.88. The molecule has 3 rings (SSSR count). The average molecular weight is 350 g/mol. The van der Waals surface area contributed by atoms with Crippen LogP contribution in [0.5, 0.6) is 0 Å². The molecule has 1 aromatic carbocycles. The van der Waals surface area contributed by atoms with Crippen LogP contribution in [0.25, 0.3) is 0 Å². The highest BCUT2D eigenvalue weighted by atomic mass is 79.9. The molecule has 2 heterocycles. The Hall–Kier alpha value is -1.13. The number of ketones is 1. The van der Waals surface area contributed by atoms with Crippen LogP contribution in [0.3, 0.4) is 0 Å². The van der Waals surface area contributed by atoms with Crippen molar-refractivity contribution in [1.82, 2.24) is 0 Å². The number of hydrogen-bond donors (Lipinski definition) is 0. The normalized spacial score (nSPS) is 17.9. The molecule has 0 aliphatic carbocycles. The summed E-state index contributed by atoms with van der Waals surface area (Å²) in [5, 5.41) is 2.16. The molecule has 1 unspecified atom stereocenters. The Kier molecular flexibility index (Phi) is 3.69. The Labute approximate surface area is 131 Å². The van der Waals surface area contributed by atoms with E-state index in [9.17, 15) is 4.79 Å². The van der Waals surface area contributed by atoms with Crippen molar-refractivity contribution in [3.05, 3.63) is 50.1 Å². The zero-order valence-corrected chi connectivity index (χ0v) is 13.9. The first-order valence-corrected chi connectivity index (χ1v) is 8.38. The van der Waals surface area contributed by atoms with Gasteiger partial charge in [-0.3, -0.25) is 4.79 Å². The quantitative estimate of drug-likeness (QED) is 0.723. The van der Waals surface area contributed by atoms with Gasteiger partial charge in [0.15, 0.2) is 5.78 Å². The van der Waals surface area contributed by atoms with E-state index in [4.69, 9.17) is 0 Å². The fourth-order valence-electron chi connectivity index (χ4n) is 2.88. The van der Waals surface area contributed by atoms with Crippen molar-refractivity contribution in [1.29, 1.82) is 0 Å². The summed E-state index contributed by atoms with van der Waals surface area (Å²) >= 11 is 5.36. The van der Waals surface area contributed by atoms with Crippen LogP contribution in [0.2, 0.25) is 0 Å². The number of nitrogens with zero attached hydrogens (tertiary/aromatic N) is 1. The van der Waals surface area contributed by atoms with Crippen LogP contribution in [0.4, 0.5) is 5.69 Å². The summed E-state index contributed by atoms with van der Waals surface area (Å²) in [4.78, 5) is 15.7. The van der Waals surface area contributed by atoms with E-state index in [1.165, 1.54) is 10.4 Å². The molecule has 104 valence electrons. The van der Waals surface area contributed by atoms with Gasteiger partial charge in [0, 0.05) is 27.1 Å². The zero-order valence-electron chi connectivity index (χ0n) is 11.5. The molecule has 1 atom stereocenters. The molecule has 0 saturated carbocycles. The molecule has 0 radical (unpaired) electrons. The molecule has 0 N–H and O–H groups in total. The maximum atomic E-state index is 11.9. The van der Waals surface area contributed by atoms with Crippen molar-refractivity contribution in [2.45, 2.75) is 26.3 Å². The molecule has 0 amide bonds.